The molecule has 17 heavy (non-hydrogen) atoms. The van der Waals surface area contributed by atoms with Crippen LogP contribution >= 0.6 is 0 Å². The number of aryl methyl sites for hydroxylation is 1. The summed E-state index contributed by atoms with van der Waals surface area (Å²) in [6.45, 7) is 0. The Balaban J connectivity index is 3.11. The first-order chi connectivity index (χ1) is 7.99. The zero-order chi connectivity index (χ0) is 12.9. The minimum atomic E-state index is -4.40. The van der Waals surface area contributed by atoms with Crippen LogP contribution in [0.5, 0.6) is 0 Å². The van der Waals surface area contributed by atoms with Crippen LogP contribution in [0, 0.1) is 22.7 Å². The van der Waals surface area contributed by atoms with Gasteiger partial charge >= 0.3 is 6.18 Å². The highest BCUT2D eigenvalue weighted by atomic mass is 19.4. The van der Waals surface area contributed by atoms with Gasteiger partial charge in [-0.25, -0.2) is 0 Å². The van der Waals surface area contributed by atoms with Gasteiger partial charge in [0.15, 0.2) is 0 Å². The molecule has 1 aromatic carbocycles. The van der Waals surface area contributed by atoms with E-state index in [9.17, 15) is 13.2 Å². The van der Waals surface area contributed by atoms with Crippen molar-refractivity contribution in [3.8, 4) is 12.1 Å². The normalized spacial score (nSPS) is 10.6. The Kier molecular flexibility index (Phi) is 4.12. The second kappa shape index (κ2) is 5.36. The summed E-state index contributed by atoms with van der Waals surface area (Å²) in [5.74, 6) is 0. The molecule has 0 spiro atoms. The zero-order valence-electron chi connectivity index (χ0n) is 8.88. The van der Waals surface area contributed by atoms with Crippen LogP contribution in [0.2, 0.25) is 0 Å². The first-order valence-corrected chi connectivity index (χ1v) is 4.92. The lowest BCUT2D eigenvalue weighted by Gasteiger charge is -2.11. The molecular formula is C12H9F3N2. The minimum absolute atomic E-state index is 0.0545. The van der Waals surface area contributed by atoms with Crippen LogP contribution in [0.25, 0.3) is 0 Å². The van der Waals surface area contributed by atoms with Crippen molar-refractivity contribution in [2.24, 2.45) is 0 Å². The topological polar surface area (TPSA) is 47.6 Å². The Bertz CT molecular complexity index is 478. The smallest absolute Gasteiger partial charge is 0.198 e. The number of nitriles is 2. The van der Waals surface area contributed by atoms with Gasteiger partial charge in [0.25, 0.3) is 0 Å². The van der Waals surface area contributed by atoms with Crippen LogP contribution in [0.4, 0.5) is 13.2 Å². The third-order valence-corrected chi connectivity index (χ3v) is 2.31. The van der Waals surface area contributed by atoms with Crippen LogP contribution in [0.3, 0.4) is 0 Å². The molecule has 0 atom stereocenters. The first kappa shape index (κ1) is 13.1. The van der Waals surface area contributed by atoms with E-state index in [2.05, 4.69) is 0 Å². The number of rotatable bonds is 3. The molecule has 0 saturated heterocycles. The lowest BCUT2D eigenvalue weighted by atomic mass is 9.98. The number of nitrogens with zero attached hydrogens (tertiary/aromatic N) is 2. The second-order valence-corrected chi connectivity index (χ2v) is 3.47. The molecule has 0 aliphatic rings. The molecule has 5 heteroatoms. The van der Waals surface area contributed by atoms with Gasteiger partial charge in [0, 0.05) is 6.42 Å². The van der Waals surface area contributed by atoms with E-state index >= 15 is 0 Å². The second-order valence-electron chi connectivity index (χ2n) is 3.47. The maximum absolute atomic E-state index is 12.5. The zero-order valence-corrected chi connectivity index (χ0v) is 8.88. The predicted octanol–water partition coefficient (Wildman–Crippen LogP) is 3.23. The fourth-order valence-electron chi connectivity index (χ4n) is 1.48. The number of alkyl halides is 3. The Morgan fingerprint density at radius 2 is 1.76 bits per heavy atom. The maximum atomic E-state index is 12.5. The van der Waals surface area contributed by atoms with E-state index in [1.165, 1.54) is 6.07 Å². The molecule has 0 N–H and O–H groups in total. The Labute approximate surface area is 96.9 Å². The average molecular weight is 238 g/mol. The molecule has 0 unspecified atom stereocenters. The molecule has 0 aliphatic heterocycles. The van der Waals surface area contributed by atoms with Gasteiger partial charge in [-0.1, -0.05) is 6.07 Å². The van der Waals surface area contributed by atoms with Crippen LogP contribution in [-0.2, 0) is 19.0 Å². The summed E-state index contributed by atoms with van der Waals surface area (Å²) < 4.78 is 37.4. The van der Waals surface area contributed by atoms with Gasteiger partial charge in [0.2, 0.25) is 0 Å². The van der Waals surface area contributed by atoms with Crippen molar-refractivity contribution in [3.63, 3.8) is 0 Å². The molecule has 1 rings (SSSR count). The Morgan fingerprint density at radius 3 is 2.29 bits per heavy atom. The van der Waals surface area contributed by atoms with Gasteiger partial charge in [-0.2, -0.15) is 23.7 Å². The molecule has 0 amide bonds. The summed E-state index contributed by atoms with van der Waals surface area (Å²) in [5.41, 5.74) is 0.228. The molecule has 0 heterocycles. The van der Waals surface area contributed by atoms with Gasteiger partial charge in [0.1, 0.15) is 0 Å². The highest BCUT2D eigenvalue weighted by Gasteiger charge is 2.30. The number of benzene rings is 1. The third-order valence-electron chi connectivity index (χ3n) is 2.31. The fourth-order valence-corrected chi connectivity index (χ4v) is 1.48. The van der Waals surface area contributed by atoms with E-state index in [4.69, 9.17) is 10.5 Å². The SMILES string of the molecule is N#CCCc1cc(C(F)(F)F)ccc1CC#N. The van der Waals surface area contributed by atoms with Crippen LogP contribution in [-0.4, -0.2) is 0 Å². The summed E-state index contributed by atoms with van der Waals surface area (Å²) in [6, 6.07) is 7.06. The molecule has 1 aromatic rings. The average Bonchev–Trinajstić information content (AvgIpc) is 2.26. The molecule has 88 valence electrons. The lowest BCUT2D eigenvalue weighted by Crippen LogP contribution is -2.07. The number of halogens is 3. The van der Waals surface area contributed by atoms with Crippen molar-refractivity contribution >= 4 is 0 Å². The van der Waals surface area contributed by atoms with E-state index in [-0.39, 0.29) is 19.3 Å². The van der Waals surface area contributed by atoms with Gasteiger partial charge in [0.05, 0.1) is 24.1 Å². The highest BCUT2D eigenvalue weighted by molar-refractivity contribution is 5.35. The molecule has 0 fully saturated rings. The molecule has 0 aliphatic carbocycles. The van der Waals surface area contributed by atoms with E-state index < -0.39 is 11.7 Å². The summed E-state index contributed by atoms with van der Waals surface area (Å²) in [7, 11) is 0. The fraction of sp³-hybridized carbons (Fsp3) is 0.333. The van der Waals surface area contributed by atoms with Crippen molar-refractivity contribution in [1.29, 1.82) is 10.5 Å². The maximum Gasteiger partial charge on any atom is 0.416 e. The van der Waals surface area contributed by atoms with Gasteiger partial charge in [-0.15, -0.1) is 0 Å². The van der Waals surface area contributed by atoms with Gasteiger partial charge in [-0.3, -0.25) is 0 Å². The van der Waals surface area contributed by atoms with Gasteiger partial charge < -0.3 is 0 Å². The van der Waals surface area contributed by atoms with E-state index in [1.54, 1.807) is 0 Å². The molecule has 0 aromatic heterocycles. The summed E-state index contributed by atoms with van der Waals surface area (Å²) in [6.07, 6.45) is -3.97. The minimum Gasteiger partial charge on any atom is -0.198 e. The van der Waals surface area contributed by atoms with Crippen molar-refractivity contribution < 1.29 is 13.2 Å². The predicted molar refractivity (Wildman–Crippen MR) is 54.7 cm³/mol. The van der Waals surface area contributed by atoms with E-state index in [1.807, 2.05) is 12.1 Å². The Morgan fingerprint density at radius 1 is 1.06 bits per heavy atom. The van der Waals surface area contributed by atoms with Gasteiger partial charge in [-0.05, 0) is 29.7 Å². The van der Waals surface area contributed by atoms with Crippen LogP contribution in [0.15, 0.2) is 18.2 Å². The molecule has 0 saturated carbocycles. The van der Waals surface area contributed by atoms with Crippen LogP contribution < -0.4 is 0 Å². The number of hydrogen-bond acceptors (Lipinski definition) is 2. The quantitative estimate of drug-likeness (QED) is 0.811. The van der Waals surface area contributed by atoms with Crippen molar-refractivity contribution in [3.05, 3.63) is 34.9 Å². The van der Waals surface area contributed by atoms with Crippen LogP contribution in [0.1, 0.15) is 23.1 Å². The summed E-state index contributed by atoms with van der Waals surface area (Å²) in [4.78, 5) is 0. The molecule has 0 radical (unpaired) electrons. The molecular weight excluding hydrogens is 229 g/mol. The molecule has 2 nitrogen and oxygen atoms in total. The standard InChI is InChI=1S/C12H9F3N2/c13-12(14,15)11-4-3-9(5-7-17)10(8-11)2-1-6-16/h3-4,8H,1-2,5H2. The van der Waals surface area contributed by atoms with E-state index in [0.29, 0.717) is 11.1 Å². The van der Waals surface area contributed by atoms with E-state index in [0.717, 1.165) is 12.1 Å². The van der Waals surface area contributed by atoms with Crippen molar-refractivity contribution in [1.82, 2.24) is 0 Å². The largest absolute Gasteiger partial charge is 0.416 e. The summed E-state index contributed by atoms with van der Waals surface area (Å²) in [5, 5.41) is 17.0. The van der Waals surface area contributed by atoms with Crippen molar-refractivity contribution in [2.75, 3.05) is 0 Å². The summed E-state index contributed by atoms with van der Waals surface area (Å²) >= 11 is 0. The third kappa shape index (κ3) is 3.49. The van der Waals surface area contributed by atoms with Crippen molar-refractivity contribution in [2.45, 2.75) is 25.4 Å². The first-order valence-electron chi connectivity index (χ1n) is 4.92. The highest BCUT2D eigenvalue weighted by Crippen LogP contribution is 2.31. The lowest BCUT2D eigenvalue weighted by molar-refractivity contribution is -0.137. The Hall–Kier alpha value is -2.01. The number of hydrogen-bond donors (Lipinski definition) is 0. The monoisotopic (exact) mass is 238 g/mol. The molecule has 0 bridgehead atoms.